The second kappa shape index (κ2) is 9.77. The van der Waals surface area contributed by atoms with Gasteiger partial charge in [-0.1, -0.05) is 36.4 Å². The van der Waals surface area contributed by atoms with Crippen molar-refractivity contribution in [2.45, 2.75) is 94.8 Å². The predicted molar refractivity (Wildman–Crippen MR) is 234 cm³/mol. The van der Waals surface area contributed by atoms with Crippen LogP contribution in [-0.2, 0) is 10.8 Å². The minimum Gasteiger partial charge on any atom is -0.454 e. The minimum atomic E-state index is 0.0976. The summed E-state index contributed by atoms with van der Waals surface area (Å²) in [6, 6.07) is 34.3. The number of rotatable bonds is 2. The van der Waals surface area contributed by atoms with Crippen LogP contribution in [0, 0.1) is 42.4 Å². The smallest absolute Gasteiger partial charge is 0.333 e. The zero-order valence-corrected chi connectivity index (χ0v) is 32.9. The Balaban J connectivity index is 1.03. The van der Waals surface area contributed by atoms with Crippen molar-refractivity contribution >= 4 is 72.6 Å². The fourth-order valence-electron chi connectivity index (χ4n) is 17.1. The lowest BCUT2D eigenvalue weighted by Crippen LogP contribution is -2.55. The largest absolute Gasteiger partial charge is 0.454 e. The topological polar surface area (TPSA) is 23.0 Å². The van der Waals surface area contributed by atoms with E-state index in [9.17, 15) is 0 Å². The van der Waals surface area contributed by atoms with E-state index >= 15 is 0 Å². The minimum absolute atomic E-state index is 0.0976. The van der Waals surface area contributed by atoms with Crippen LogP contribution in [0.4, 0.5) is 0 Å². The molecule has 0 spiro atoms. The van der Waals surface area contributed by atoms with Crippen LogP contribution in [0.1, 0.15) is 93.7 Å². The number of fused-ring (bicyclic) bond motifs is 12. The van der Waals surface area contributed by atoms with Gasteiger partial charge in [-0.25, -0.2) is 0 Å². The maximum atomic E-state index is 6.78. The number of furan rings is 1. The molecule has 4 heteroatoms. The van der Waals surface area contributed by atoms with Crippen LogP contribution >= 0.6 is 0 Å². The van der Waals surface area contributed by atoms with Gasteiger partial charge in [0.1, 0.15) is 11.1 Å². The van der Waals surface area contributed by atoms with Crippen LogP contribution in [0.2, 0.25) is 0 Å². The van der Waals surface area contributed by atoms with E-state index in [0.29, 0.717) is 10.8 Å². The van der Waals surface area contributed by atoms with Gasteiger partial charge in [0.15, 0.2) is 5.58 Å². The van der Waals surface area contributed by atoms with E-state index < -0.39 is 0 Å². The van der Waals surface area contributed by atoms with Crippen molar-refractivity contribution in [3.8, 4) is 16.8 Å². The summed E-state index contributed by atoms with van der Waals surface area (Å²) in [4.78, 5) is 0. The third kappa shape index (κ3) is 3.56. The maximum Gasteiger partial charge on any atom is 0.333 e. The molecule has 0 amide bonds. The van der Waals surface area contributed by atoms with Gasteiger partial charge in [-0.2, -0.15) is 0 Å². The summed E-state index contributed by atoms with van der Waals surface area (Å²) >= 11 is 0. The highest BCUT2D eigenvalue weighted by atomic mass is 16.3. The van der Waals surface area contributed by atoms with Gasteiger partial charge in [0.05, 0.1) is 5.52 Å². The summed E-state index contributed by atoms with van der Waals surface area (Å²) in [5.41, 5.74) is 20.0. The van der Waals surface area contributed by atoms with E-state index in [2.05, 4.69) is 101 Å². The van der Waals surface area contributed by atoms with E-state index in [0.717, 1.165) is 46.7 Å². The highest BCUT2D eigenvalue weighted by Crippen LogP contribution is 2.63. The molecular weight excluding hydrogens is 691 g/mol. The van der Waals surface area contributed by atoms with Crippen molar-refractivity contribution < 1.29 is 4.42 Å². The predicted octanol–water partition coefficient (Wildman–Crippen LogP) is 11.8. The van der Waals surface area contributed by atoms with Gasteiger partial charge in [-0.3, -0.25) is 0 Å². The Morgan fingerprint density at radius 3 is 1.93 bits per heavy atom. The third-order valence-corrected chi connectivity index (χ3v) is 18.2. The van der Waals surface area contributed by atoms with Crippen molar-refractivity contribution in [3.63, 3.8) is 0 Å². The van der Waals surface area contributed by atoms with Crippen molar-refractivity contribution in [2.75, 3.05) is 0 Å². The number of nitrogens with zero attached hydrogens (tertiary/aromatic N) is 2. The Kier molecular flexibility index (Phi) is 5.21. The van der Waals surface area contributed by atoms with Crippen LogP contribution in [-0.4, -0.2) is 15.9 Å². The van der Waals surface area contributed by atoms with Gasteiger partial charge in [0.2, 0.25) is 0 Å². The van der Waals surface area contributed by atoms with E-state index in [4.69, 9.17) is 4.42 Å². The SMILES string of the molecule is Cc1cc2c3c(c1)-n1c4c(cccc4c4oc5ccccc5c41)B3n1c3ccc(C45CC6CC(CC(C6)C4)C5)cc3c3cc(C45CC6CC(CC(C6)C4)C5)cc-2c31. The van der Waals surface area contributed by atoms with Crippen molar-refractivity contribution in [2.24, 2.45) is 35.5 Å². The zero-order valence-electron chi connectivity index (χ0n) is 32.9. The number of para-hydroxylation sites is 2. The Labute approximate surface area is 333 Å². The number of aromatic nitrogens is 2. The quantitative estimate of drug-likeness (QED) is 0.162. The summed E-state index contributed by atoms with van der Waals surface area (Å²) in [6.07, 6.45) is 17.4. The molecule has 0 saturated heterocycles. The first-order valence-electron chi connectivity index (χ1n) is 22.7. The number of hydrogen-bond donors (Lipinski definition) is 0. The highest BCUT2D eigenvalue weighted by Gasteiger charge is 2.54. The lowest BCUT2D eigenvalue weighted by atomic mass is 9.45. The Bertz CT molecular complexity index is 3120. The van der Waals surface area contributed by atoms with Gasteiger partial charge < -0.3 is 13.5 Å². The van der Waals surface area contributed by atoms with E-state index in [1.54, 1.807) is 11.1 Å². The monoisotopic (exact) mass is 738 g/mol. The number of hydrogen-bond acceptors (Lipinski definition) is 1. The molecule has 5 aromatic carbocycles. The summed E-state index contributed by atoms with van der Waals surface area (Å²) in [5.74, 6) is 5.59. The van der Waals surface area contributed by atoms with E-state index in [1.807, 2.05) is 0 Å². The van der Waals surface area contributed by atoms with Crippen molar-refractivity contribution in [1.82, 2.24) is 9.05 Å². The highest BCUT2D eigenvalue weighted by molar-refractivity contribution is 6.90. The van der Waals surface area contributed by atoms with Crippen LogP contribution in [0.15, 0.2) is 89.3 Å². The first kappa shape index (κ1) is 30.4. The lowest BCUT2D eigenvalue weighted by molar-refractivity contribution is -0.00527. The van der Waals surface area contributed by atoms with Gasteiger partial charge in [-0.05, 0) is 212 Å². The second-order valence-electron chi connectivity index (χ2n) is 21.4. The molecule has 0 radical (unpaired) electrons. The molecule has 8 fully saturated rings. The molecule has 18 rings (SSSR count). The normalized spacial score (nSPS) is 32.3. The number of aryl methyl sites for hydroxylation is 1. The first-order chi connectivity index (χ1) is 28.0. The summed E-state index contributed by atoms with van der Waals surface area (Å²) in [5, 5.41) is 5.48. The molecule has 0 unspecified atom stereocenters. The summed E-state index contributed by atoms with van der Waals surface area (Å²) in [6.45, 7) is 2.43. The molecule has 3 aromatic heterocycles. The summed E-state index contributed by atoms with van der Waals surface area (Å²) < 4.78 is 12.2. The van der Waals surface area contributed by atoms with Crippen molar-refractivity contribution in [1.29, 1.82) is 0 Å². The molecule has 0 atom stereocenters. The molecule has 57 heavy (non-hydrogen) atoms. The molecular formula is C53H47BN2O. The Morgan fingerprint density at radius 2 is 1.21 bits per heavy atom. The first-order valence-corrected chi connectivity index (χ1v) is 22.7. The average molecular weight is 739 g/mol. The molecule has 2 aliphatic heterocycles. The molecule has 5 heterocycles. The van der Waals surface area contributed by atoms with Crippen LogP contribution < -0.4 is 10.9 Å². The third-order valence-electron chi connectivity index (χ3n) is 18.2. The summed E-state index contributed by atoms with van der Waals surface area (Å²) in [7, 11) is 0. The van der Waals surface area contributed by atoms with Crippen LogP contribution in [0.5, 0.6) is 0 Å². The molecule has 8 aromatic rings. The van der Waals surface area contributed by atoms with E-state index in [1.165, 1.54) is 154 Å². The Hall–Kier alpha value is -4.70. The second-order valence-corrected chi connectivity index (χ2v) is 21.4. The van der Waals surface area contributed by atoms with Gasteiger partial charge in [-0.15, -0.1) is 0 Å². The van der Waals surface area contributed by atoms with Crippen LogP contribution in [0.25, 0.3) is 71.6 Å². The lowest BCUT2D eigenvalue weighted by Gasteiger charge is -2.57. The number of benzene rings is 5. The molecule has 10 aliphatic rings. The van der Waals surface area contributed by atoms with E-state index in [-0.39, 0.29) is 6.85 Å². The molecule has 8 saturated carbocycles. The molecule has 3 nitrogen and oxygen atoms in total. The fourth-order valence-corrected chi connectivity index (χ4v) is 17.1. The fraction of sp³-hybridized carbons (Fsp3) is 0.396. The average Bonchev–Trinajstić information content (AvgIpc) is 3.85. The van der Waals surface area contributed by atoms with Gasteiger partial charge >= 0.3 is 6.85 Å². The van der Waals surface area contributed by atoms with Gasteiger partial charge in [0, 0.05) is 43.8 Å². The standard InChI is InChI=1S/C53H47BN2O/c1-28-11-40-42-21-36(53-25-32-16-33(26-53)18-34(17-32)27-53)20-41-39-19-35(52-22-29-13-30(23-52)15-31(14-29)24-52)9-10-44(39)56(48(41)42)54-43-7-4-6-38-49(43)55(45(12-28)47(40)54)50-37-5-2-3-8-46(37)57-51(38)50/h2-12,19-21,29-34H,13-18,22-27H2,1H3. The van der Waals surface area contributed by atoms with Crippen molar-refractivity contribution in [3.05, 3.63) is 102 Å². The molecule has 278 valence electrons. The maximum absolute atomic E-state index is 6.78. The molecule has 8 aliphatic carbocycles. The van der Waals surface area contributed by atoms with Gasteiger partial charge in [0.25, 0.3) is 0 Å². The van der Waals surface area contributed by atoms with Crippen LogP contribution in [0.3, 0.4) is 0 Å². The molecule has 8 bridgehead atoms. The Morgan fingerprint density at radius 1 is 0.561 bits per heavy atom. The molecule has 0 N–H and O–H groups in total. The zero-order chi connectivity index (χ0) is 36.7.